The molecule has 1 heterocycles. The second-order valence-electron chi connectivity index (χ2n) is 5.61. The molecule has 1 aromatic rings. The molecule has 1 aromatic carbocycles. The summed E-state index contributed by atoms with van der Waals surface area (Å²) in [6, 6.07) is 8.12. The molecule has 5 nitrogen and oxygen atoms in total. The van der Waals surface area contributed by atoms with Crippen LogP contribution in [0.2, 0.25) is 0 Å². The van der Waals surface area contributed by atoms with Crippen molar-refractivity contribution in [3.05, 3.63) is 29.8 Å². The number of amides is 1. The lowest BCUT2D eigenvalue weighted by Crippen LogP contribution is -2.51. The third kappa shape index (κ3) is 4.19. The molecule has 2 rings (SSSR count). The van der Waals surface area contributed by atoms with E-state index in [2.05, 4.69) is 18.7 Å². The Balaban J connectivity index is 1.83. The number of hydrogen-bond acceptors (Lipinski definition) is 4. The molecule has 0 bridgehead atoms. The number of nitrogens with two attached hydrogens (primary N) is 1. The van der Waals surface area contributed by atoms with Gasteiger partial charge in [-0.3, -0.25) is 9.69 Å². The Labute approximate surface area is 126 Å². The van der Waals surface area contributed by atoms with E-state index in [1.165, 1.54) is 0 Å². The fourth-order valence-electron chi connectivity index (χ4n) is 2.53. The van der Waals surface area contributed by atoms with Crippen LogP contribution in [0.5, 0.6) is 5.75 Å². The molecule has 1 fully saturated rings. The van der Waals surface area contributed by atoms with Crippen LogP contribution in [-0.2, 0) is 11.3 Å². The molecule has 0 aromatic heterocycles. The smallest absolute Gasteiger partial charge is 0.260 e. The first kappa shape index (κ1) is 15.8. The van der Waals surface area contributed by atoms with Crippen LogP contribution in [0.15, 0.2) is 24.3 Å². The average molecular weight is 291 g/mol. The van der Waals surface area contributed by atoms with Crippen LogP contribution >= 0.6 is 0 Å². The Kier molecular flexibility index (Phi) is 5.59. The first-order valence-electron chi connectivity index (χ1n) is 7.54. The van der Waals surface area contributed by atoms with Gasteiger partial charge in [-0.15, -0.1) is 0 Å². The van der Waals surface area contributed by atoms with E-state index in [-0.39, 0.29) is 12.5 Å². The molecule has 0 saturated carbocycles. The van der Waals surface area contributed by atoms with Crippen molar-refractivity contribution in [2.24, 2.45) is 5.73 Å². The van der Waals surface area contributed by atoms with Gasteiger partial charge in [-0.1, -0.05) is 18.2 Å². The van der Waals surface area contributed by atoms with Crippen molar-refractivity contribution >= 4 is 5.91 Å². The van der Waals surface area contributed by atoms with Gasteiger partial charge in [-0.2, -0.15) is 0 Å². The molecule has 0 atom stereocenters. The van der Waals surface area contributed by atoms with Gasteiger partial charge in [0, 0.05) is 44.3 Å². The van der Waals surface area contributed by atoms with E-state index in [1.54, 1.807) is 0 Å². The highest BCUT2D eigenvalue weighted by molar-refractivity contribution is 5.78. The molecule has 1 aliphatic heterocycles. The molecule has 1 amide bonds. The number of para-hydroxylation sites is 1. The highest BCUT2D eigenvalue weighted by Crippen LogP contribution is 2.17. The maximum absolute atomic E-state index is 12.2. The van der Waals surface area contributed by atoms with E-state index >= 15 is 0 Å². The second-order valence-corrected chi connectivity index (χ2v) is 5.61. The number of carbonyl (C=O) groups excluding carboxylic acids is 1. The summed E-state index contributed by atoms with van der Waals surface area (Å²) in [5.41, 5.74) is 6.59. The molecule has 116 valence electrons. The molecule has 0 aliphatic carbocycles. The lowest BCUT2D eigenvalue weighted by atomic mass is 10.2. The third-order valence-electron chi connectivity index (χ3n) is 3.94. The first-order valence-corrected chi connectivity index (χ1v) is 7.54. The minimum absolute atomic E-state index is 0.0465. The number of nitrogens with zero attached hydrogens (tertiary/aromatic N) is 2. The van der Waals surface area contributed by atoms with Gasteiger partial charge >= 0.3 is 0 Å². The van der Waals surface area contributed by atoms with Crippen LogP contribution < -0.4 is 10.5 Å². The molecule has 0 radical (unpaired) electrons. The normalized spacial score (nSPS) is 16.3. The number of rotatable bonds is 5. The fraction of sp³-hybridized carbons (Fsp3) is 0.562. The van der Waals surface area contributed by atoms with Gasteiger partial charge in [0.1, 0.15) is 5.75 Å². The summed E-state index contributed by atoms with van der Waals surface area (Å²) >= 11 is 0. The van der Waals surface area contributed by atoms with Gasteiger partial charge in [-0.25, -0.2) is 0 Å². The van der Waals surface area contributed by atoms with E-state index < -0.39 is 0 Å². The Hall–Kier alpha value is -1.59. The summed E-state index contributed by atoms with van der Waals surface area (Å²) < 4.78 is 5.63. The molecule has 2 N–H and O–H groups in total. The van der Waals surface area contributed by atoms with Gasteiger partial charge in [0.25, 0.3) is 5.91 Å². The summed E-state index contributed by atoms with van der Waals surface area (Å²) in [7, 11) is 0. The molecule has 21 heavy (non-hydrogen) atoms. The quantitative estimate of drug-likeness (QED) is 0.882. The Morgan fingerprint density at radius 2 is 1.90 bits per heavy atom. The van der Waals surface area contributed by atoms with Crippen molar-refractivity contribution in [1.29, 1.82) is 0 Å². The minimum Gasteiger partial charge on any atom is -0.483 e. The predicted octanol–water partition coefficient (Wildman–Crippen LogP) is 1.08. The SMILES string of the molecule is CC(C)N1CCN(C(=O)COc2ccccc2CN)CC1. The summed E-state index contributed by atoms with van der Waals surface area (Å²) in [5.74, 6) is 0.749. The largest absolute Gasteiger partial charge is 0.483 e. The van der Waals surface area contributed by atoms with E-state index in [1.807, 2.05) is 29.2 Å². The van der Waals surface area contributed by atoms with E-state index in [9.17, 15) is 4.79 Å². The van der Waals surface area contributed by atoms with E-state index in [0.29, 0.717) is 18.3 Å². The van der Waals surface area contributed by atoms with Crippen molar-refractivity contribution in [2.45, 2.75) is 26.4 Å². The van der Waals surface area contributed by atoms with E-state index in [4.69, 9.17) is 10.5 Å². The molecule has 1 saturated heterocycles. The highest BCUT2D eigenvalue weighted by atomic mass is 16.5. The van der Waals surface area contributed by atoms with Crippen molar-refractivity contribution in [3.63, 3.8) is 0 Å². The van der Waals surface area contributed by atoms with E-state index in [0.717, 1.165) is 31.7 Å². The fourth-order valence-corrected chi connectivity index (χ4v) is 2.53. The van der Waals surface area contributed by atoms with Crippen LogP contribution in [0, 0.1) is 0 Å². The summed E-state index contributed by atoms with van der Waals surface area (Å²) in [6.45, 7) is 8.29. The molecular formula is C16H25N3O2. The van der Waals surface area contributed by atoms with Gasteiger partial charge in [0.05, 0.1) is 0 Å². The number of carbonyl (C=O) groups is 1. The van der Waals surface area contributed by atoms with Crippen LogP contribution in [0.3, 0.4) is 0 Å². The van der Waals surface area contributed by atoms with Gasteiger partial charge < -0.3 is 15.4 Å². The van der Waals surface area contributed by atoms with Crippen molar-refractivity contribution in [1.82, 2.24) is 9.80 Å². The third-order valence-corrected chi connectivity index (χ3v) is 3.94. The maximum atomic E-state index is 12.2. The lowest BCUT2D eigenvalue weighted by molar-refractivity contribution is -0.135. The van der Waals surface area contributed by atoms with Crippen LogP contribution in [0.1, 0.15) is 19.4 Å². The first-order chi connectivity index (χ1) is 10.1. The highest BCUT2D eigenvalue weighted by Gasteiger charge is 2.22. The summed E-state index contributed by atoms with van der Waals surface area (Å²) in [6.07, 6.45) is 0. The Morgan fingerprint density at radius 1 is 1.24 bits per heavy atom. The molecule has 5 heteroatoms. The topological polar surface area (TPSA) is 58.8 Å². The van der Waals surface area contributed by atoms with Crippen LogP contribution in [0.4, 0.5) is 0 Å². The zero-order chi connectivity index (χ0) is 15.2. The molecule has 0 unspecified atom stereocenters. The van der Waals surface area contributed by atoms with Gasteiger partial charge in [0.2, 0.25) is 0 Å². The lowest BCUT2D eigenvalue weighted by Gasteiger charge is -2.36. The van der Waals surface area contributed by atoms with Gasteiger partial charge in [-0.05, 0) is 19.9 Å². The zero-order valence-corrected chi connectivity index (χ0v) is 12.9. The molecule has 1 aliphatic rings. The Morgan fingerprint density at radius 3 is 2.52 bits per heavy atom. The van der Waals surface area contributed by atoms with Crippen molar-refractivity contribution < 1.29 is 9.53 Å². The predicted molar refractivity (Wildman–Crippen MR) is 83.1 cm³/mol. The number of ether oxygens (including phenoxy) is 1. The minimum atomic E-state index is 0.0465. The van der Waals surface area contributed by atoms with Crippen molar-refractivity contribution in [2.75, 3.05) is 32.8 Å². The summed E-state index contributed by atoms with van der Waals surface area (Å²) in [5, 5.41) is 0. The number of benzene rings is 1. The van der Waals surface area contributed by atoms with Crippen LogP contribution in [-0.4, -0.2) is 54.5 Å². The zero-order valence-electron chi connectivity index (χ0n) is 12.9. The Bertz CT molecular complexity index is 468. The standard InChI is InChI=1S/C16H25N3O2/c1-13(2)18-7-9-19(10-8-18)16(20)12-21-15-6-4-3-5-14(15)11-17/h3-6,13H,7-12,17H2,1-2H3. The monoisotopic (exact) mass is 291 g/mol. The summed E-state index contributed by atoms with van der Waals surface area (Å²) in [4.78, 5) is 16.5. The molecular weight excluding hydrogens is 266 g/mol. The molecule has 0 spiro atoms. The van der Waals surface area contributed by atoms with Crippen LogP contribution in [0.25, 0.3) is 0 Å². The average Bonchev–Trinajstić information content (AvgIpc) is 2.52. The van der Waals surface area contributed by atoms with Gasteiger partial charge in [0.15, 0.2) is 6.61 Å². The maximum Gasteiger partial charge on any atom is 0.260 e. The second kappa shape index (κ2) is 7.43. The number of hydrogen-bond donors (Lipinski definition) is 1. The van der Waals surface area contributed by atoms with Crippen molar-refractivity contribution in [3.8, 4) is 5.75 Å². The number of piperazine rings is 1.